The van der Waals surface area contributed by atoms with Crippen molar-refractivity contribution >= 4 is 15.9 Å². The van der Waals surface area contributed by atoms with Crippen molar-refractivity contribution in [1.82, 2.24) is 0 Å². The summed E-state index contributed by atoms with van der Waals surface area (Å²) in [5, 5.41) is 3.35. The number of hydrogen-bond donors (Lipinski definition) is 2. The predicted molar refractivity (Wildman–Crippen MR) is 121 cm³/mol. The van der Waals surface area contributed by atoms with Gasteiger partial charge in [0.2, 0.25) is 0 Å². The molecule has 2 saturated carbocycles. The Kier molecular flexibility index (Phi) is 46.2. The summed E-state index contributed by atoms with van der Waals surface area (Å²) in [6.07, 6.45) is 20.0. The molecule has 3 N–H and O–H groups in total. The average molecular weight is 566 g/mol. The SMILES string of the molecule is CCO[C](=[Cr])/C=C(\Nc1ccccc1N)[C]1[CH][CH][CH][CH]1.[C-]#[O+].[C-]#[O+].[C-]#[O+].[C-]#[O+].[C-]#[O+].[CH]1[CH][CH][CH][CH]1.[Fe+2]. The van der Waals surface area contributed by atoms with Crippen LogP contribution < -0.4 is 11.1 Å². The number of rotatable bonds is 6. The van der Waals surface area contributed by atoms with E-state index in [1.165, 1.54) is 0 Å². The Morgan fingerprint density at radius 1 is 0.833 bits per heavy atom. The van der Waals surface area contributed by atoms with E-state index in [2.05, 4.69) is 54.4 Å². The van der Waals surface area contributed by atoms with E-state index in [1.807, 2.05) is 95.1 Å². The first-order chi connectivity index (χ1) is 17.2. The van der Waals surface area contributed by atoms with Gasteiger partial charge in [0.15, 0.2) is 0 Å². The molecule has 0 aromatic heterocycles. The maximum atomic E-state index is 7.50. The Balaban J connectivity index is -0.000000167. The van der Waals surface area contributed by atoms with Crippen LogP contribution in [0.5, 0.6) is 0 Å². The second kappa shape index (κ2) is 37.7. The fourth-order valence-corrected chi connectivity index (χ4v) is 2.49. The van der Waals surface area contributed by atoms with Crippen LogP contribution in [-0.4, -0.2) is 11.2 Å². The Bertz CT molecular complexity index is 738. The van der Waals surface area contributed by atoms with Gasteiger partial charge in [-0.05, 0) is 32.1 Å². The van der Waals surface area contributed by atoms with Crippen LogP contribution in [0, 0.1) is 97.0 Å². The van der Waals surface area contributed by atoms with E-state index in [1.54, 1.807) is 0 Å². The molecule has 0 atom stereocenters. The first-order valence-electron chi connectivity index (χ1n) is 9.11. The molecule has 3 rings (SSSR count). The van der Waals surface area contributed by atoms with E-state index in [4.69, 9.17) is 33.7 Å². The molecule has 0 bridgehead atoms. The molecule has 2 aliphatic carbocycles. The van der Waals surface area contributed by atoms with Crippen molar-refractivity contribution in [3.05, 3.63) is 133 Å². The quantitative estimate of drug-likeness (QED) is 0.235. The van der Waals surface area contributed by atoms with Crippen LogP contribution in [0.2, 0.25) is 0 Å². The number of anilines is 2. The molecule has 0 amide bonds. The minimum absolute atomic E-state index is 0. The number of hydrogen-bond acceptors (Lipinski definition) is 3. The zero-order valence-electron chi connectivity index (χ0n) is 19.1. The van der Waals surface area contributed by atoms with Crippen LogP contribution in [0.4, 0.5) is 11.4 Å². The van der Waals surface area contributed by atoms with Crippen molar-refractivity contribution in [2.24, 2.45) is 0 Å². The first-order valence-corrected chi connectivity index (χ1v) is 9.75. The molecule has 0 heterocycles. The van der Waals surface area contributed by atoms with Crippen molar-refractivity contribution in [3.8, 4) is 0 Å². The van der Waals surface area contributed by atoms with Crippen LogP contribution in [0.25, 0.3) is 0 Å². The molecule has 2 fully saturated rings. The standard InChI is InChI=1S/C16H17N2O.C5H5.5CO.Cr.Fe/c1-2-19-12-11-15(13-7-3-4-8-13)18-16-10-6-5-9-14(16)17;1-2-4-5-3-1;5*1-2;;/h3-11,18H,2,17H2,1H3;1-5H;;;;;;;/q;;;;;;;;+2/b15-11-;;;;;;;;. The van der Waals surface area contributed by atoms with E-state index in [0.717, 1.165) is 21.9 Å². The van der Waals surface area contributed by atoms with Gasteiger partial charge in [-0.2, -0.15) is 0 Å². The van der Waals surface area contributed by atoms with Gasteiger partial charge in [-0.3, -0.25) is 0 Å². The molecule has 0 unspecified atom stereocenters. The molecule has 1 aromatic carbocycles. The van der Waals surface area contributed by atoms with E-state index >= 15 is 0 Å². The summed E-state index contributed by atoms with van der Waals surface area (Å²) in [5.41, 5.74) is 8.51. The van der Waals surface area contributed by atoms with Crippen LogP contribution in [0.3, 0.4) is 0 Å². The van der Waals surface area contributed by atoms with Crippen molar-refractivity contribution in [2.75, 3.05) is 17.7 Å². The minimum atomic E-state index is 0. The Morgan fingerprint density at radius 2 is 1.25 bits per heavy atom. The van der Waals surface area contributed by atoms with E-state index in [0.29, 0.717) is 12.3 Å². The summed E-state index contributed by atoms with van der Waals surface area (Å²) in [4.78, 5) is 0. The molecule has 36 heavy (non-hydrogen) atoms. The number of nitrogens with two attached hydrogens (primary N) is 1. The summed E-state index contributed by atoms with van der Waals surface area (Å²) in [7, 11) is 0. The molecule has 0 spiro atoms. The van der Waals surface area contributed by atoms with Crippen LogP contribution >= 0.6 is 0 Å². The van der Waals surface area contributed by atoms with Gasteiger partial charge in [0.05, 0.1) is 0 Å². The summed E-state index contributed by atoms with van der Waals surface area (Å²) in [6.45, 7) is 25.1. The zero-order chi connectivity index (χ0) is 27.9. The second-order valence-electron chi connectivity index (χ2n) is 5.16. The average Bonchev–Trinajstić information content (AvgIpc) is 3.69. The van der Waals surface area contributed by atoms with Crippen molar-refractivity contribution in [3.63, 3.8) is 0 Å². The summed E-state index contributed by atoms with van der Waals surface area (Å²) >= 11 is 2.92. The molecule has 8 nitrogen and oxygen atoms in total. The topological polar surface area (TPSA) is 147 Å². The number of nitrogen functional groups attached to an aromatic ring is 1. The third kappa shape index (κ3) is 23.9. The maximum absolute atomic E-state index is 7.50. The smallest absolute Gasteiger partial charge is 0.0312 e. The number of para-hydroxylation sites is 2. The normalized spacial score (nSPS) is 12.7. The largest absolute Gasteiger partial charge is 2.00 e. The Labute approximate surface area is 233 Å². The summed E-state index contributed by atoms with van der Waals surface area (Å²) in [5.74, 6) is 1.08. The number of benzene rings is 1. The van der Waals surface area contributed by atoms with Crippen LogP contribution in [0.1, 0.15) is 6.92 Å². The zero-order valence-corrected chi connectivity index (χ0v) is 21.5. The van der Waals surface area contributed by atoms with Crippen molar-refractivity contribution < 1.29 is 60.9 Å². The number of nitrogens with one attached hydrogen (secondary N) is 1. The molecule has 0 aliphatic heterocycles. The Morgan fingerprint density at radius 3 is 1.64 bits per heavy atom. The van der Waals surface area contributed by atoms with E-state index < -0.39 is 0 Å². The molecule has 2 aliphatic rings. The van der Waals surface area contributed by atoms with Gasteiger partial charge in [0.1, 0.15) is 0 Å². The van der Waals surface area contributed by atoms with Gasteiger partial charge in [-0.1, -0.05) is 0 Å². The minimum Gasteiger partial charge on any atom is -0.0312 e. The molecule has 10 heteroatoms. The molecule has 10 radical (unpaired) electrons. The van der Waals surface area contributed by atoms with Gasteiger partial charge in [-0.15, -0.1) is 0 Å². The van der Waals surface area contributed by atoms with Gasteiger partial charge in [-0.25, -0.2) is 0 Å². The fraction of sp³-hybridized carbons (Fsp3) is 0.0769. The van der Waals surface area contributed by atoms with Gasteiger partial charge >= 0.3 is 202 Å². The molecule has 1 aromatic rings. The monoisotopic (exact) mass is 566 g/mol. The second-order valence-corrected chi connectivity index (χ2v) is 5.79. The first kappa shape index (κ1) is 44.2. The Hall–Kier alpha value is -1.86. The molecule has 184 valence electrons. The molecule has 0 saturated heterocycles. The maximum Gasteiger partial charge on any atom is 2.00 e. The summed E-state index contributed by atoms with van der Waals surface area (Å²) < 4.78 is 43.7. The third-order valence-corrected chi connectivity index (χ3v) is 3.68. The van der Waals surface area contributed by atoms with E-state index in [9.17, 15) is 0 Å². The fourth-order valence-electron chi connectivity index (χ4n) is 2.12. The predicted octanol–water partition coefficient (Wildman–Crippen LogP) is 3.51. The van der Waals surface area contributed by atoms with Gasteiger partial charge in [0, 0.05) is 0 Å². The van der Waals surface area contributed by atoms with Gasteiger partial charge in [0.25, 0.3) is 0 Å². The van der Waals surface area contributed by atoms with Crippen molar-refractivity contribution in [2.45, 2.75) is 6.92 Å². The molecular formula is C26H22CrFeN2O6+2. The number of allylic oxidation sites excluding steroid dienone is 1. The van der Waals surface area contributed by atoms with E-state index in [-0.39, 0.29) is 17.1 Å². The van der Waals surface area contributed by atoms with Crippen molar-refractivity contribution in [1.29, 1.82) is 0 Å². The third-order valence-electron chi connectivity index (χ3n) is 3.31. The number of ether oxygens (including phenoxy) is 1. The van der Waals surface area contributed by atoms with Crippen LogP contribution in [-0.2, 0) is 60.9 Å². The summed E-state index contributed by atoms with van der Waals surface area (Å²) in [6, 6.07) is 7.69. The van der Waals surface area contributed by atoms with Crippen LogP contribution in [0.15, 0.2) is 36.0 Å². The van der Waals surface area contributed by atoms with Gasteiger partial charge < -0.3 is 0 Å². The molecular weight excluding hydrogens is 544 g/mol.